The van der Waals surface area contributed by atoms with Crippen LogP contribution in [0.5, 0.6) is 17.2 Å². The summed E-state index contributed by atoms with van der Waals surface area (Å²) in [4.78, 5) is 0.599. The molecule has 0 atom stereocenters. The molecule has 0 spiro atoms. The van der Waals surface area contributed by atoms with E-state index in [4.69, 9.17) is 26.4 Å². The molecule has 0 saturated carbocycles. The van der Waals surface area contributed by atoms with Gasteiger partial charge >= 0.3 is 0 Å². The fourth-order valence-corrected chi connectivity index (χ4v) is 2.63. The highest BCUT2D eigenvalue weighted by Gasteiger charge is 2.16. The maximum Gasteiger partial charge on any atom is 0.203 e. The minimum absolute atomic E-state index is 0.550. The highest BCUT2D eigenvalue weighted by Crippen LogP contribution is 2.38. The Morgan fingerprint density at radius 3 is 1.87 bits per heavy atom. The van der Waals surface area contributed by atoms with E-state index >= 15 is 0 Å². The van der Waals surface area contributed by atoms with Crippen LogP contribution in [0, 0.1) is 13.8 Å². The molecule has 1 N–H and O–H groups in total. The molecular formula is C18H21NO3S. The first-order valence-corrected chi connectivity index (χ1v) is 7.60. The zero-order chi connectivity index (χ0) is 17.0. The van der Waals surface area contributed by atoms with Gasteiger partial charge in [0.2, 0.25) is 5.75 Å². The Morgan fingerprint density at radius 1 is 0.913 bits per heavy atom. The predicted octanol–water partition coefficient (Wildman–Crippen LogP) is 4.12. The molecule has 0 unspecified atom stereocenters. The smallest absolute Gasteiger partial charge is 0.203 e. The summed E-state index contributed by atoms with van der Waals surface area (Å²) in [5.41, 5.74) is 4.10. The lowest BCUT2D eigenvalue weighted by atomic mass is 10.1. The lowest BCUT2D eigenvalue weighted by Crippen LogP contribution is -2.13. The van der Waals surface area contributed by atoms with Crippen LogP contribution in [0.25, 0.3) is 0 Å². The summed E-state index contributed by atoms with van der Waals surface area (Å²) < 4.78 is 16.1. The van der Waals surface area contributed by atoms with Crippen LogP contribution in [0.4, 0.5) is 5.69 Å². The van der Waals surface area contributed by atoms with Gasteiger partial charge in [0.05, 0.1) is 21.3 Å². The average molecular weight is 331 g/mol. The predicted molar refractivity (Wildman–Crippen MR) is 97.3 cm³/mol. The molecule has 23 heavy (non-hydrogen) atoms. The van der Waals surface area contributed by atoms with E-state index in [0.717, 1.165) is 22.4 Å². The molecule has 122 valence electrons. The van der Waals surface area contributed by atoms with Crippen LogP contribution in [0.15, 0.2) is 30.3 Å². The molecule has 0 aliphatic heterocycles. The fourth-order valence-electron chi connectivity index (χ4n) is 2.41. The number of anilines is 1. The van der Waals surface area contributed by atoms with Crippen molar-refractivity contribution in [2.75, 3.05) is 26.6 Å². The van der Waals surface area contributed by atoms with Crippen LogP contribution in [0.1, 0.15) is 16.7 Å². The first-order valence-electron chi connectivity index (χ1n) is 7.19. The number of para-hydroxylation sites is 1. The molecule has 0 amide bonds. The second kappa shape index (κ2) is 7.33. The third kappa shape index (κ3) is 3.56. The average Bonchev–Trinajstić information content (AvgIpc) is 2.56. The minimum atomic E-state index is 0.550. The van der Waals surface area contributed by atoms with Gasteiger partial charge in [0.15, 0.2) is 11.5 Å². The molecule has 4 nitrogen and oxygen atoms in total. The number of ether oxygens (including phenoxy) is 3. The Hall–Kier alpha value is -2.27. The molecule has 0 aliphatic rings. The zero-order valence-corrected chi connectivity index (χ0v) is 14.8. The number of thiocarbonyl (C=S) groups is 1. The van der Waals surface area contributed by atoms with Crippen molar-refractivity contribution >= 4 is 22.9 Å². The lowest BCUT2D eigenvalue weighted by Gasteiger charge is -2.17. The van der Waals surface area contributed by atoms with Crippen LogP contribution in [-0.2, 0) is 0 Å². The number of rotatable bonds is 5. The van der Waals surface area contributed by atoms with Gasteiger partial charge in [-0.05, 0) is 37.1 Å². The molecular weight excluding hydrogens is 310 g/mol. The van der Waals surface area contributed by atoms with Crippen molar-refractivity contribution in [3.8, 4) is 17.2 Å². The van der Waals surface area contributed by atoms with Gasteiger partial charge in [-0.1, -0.05) is 30.4 Å². The highest BCUT2D eigenvalue weighted by molar-refractivity contribution is 7.81. The van der Waals surface area contributed by atoms with E-state index in [2.05, 4.69) is 5.32 Å². The Kier molecular flexibility index (Phi) is 5.45. The van der Waals surface area contributed by atoms with E-state index in [0.29, 0.717) is 22.2 Å². The van der Waals surface area contributed by atoms with Crippen molar-refractivity contribution in [2.45, 2.75) is 13.8 Å². The molecule has 0 bridgehead atoms. The van der Waals surface area contributed by atoms with Crippen LogP contribution >= 0.6 is 12.2 Å². The van der Waals surface area contributed by atoms with Crippen molar-refractivity contribution in [3.05, 3.63) is 47.0 Å². The van der Waals surface area contributed by atoms with Gasteiger partial charge < -0.3 is 19.5 Å². The molecule has 0 fully saturated rings. The maximum absolute atomic E-state index is 5.55. The van der Waals surface area contributed by atoms with E-state index in [9.17, 15) is 0 Å². The van der Waals surface area contributed by atoms with E-state index in [1.54, 1.807) is 21.3 Å². The van der Waals surface area contributed by atoms with Gasteiger partial charge in [-0.3, -0.25) is 0 Å². The van der Waals surface area contributed by atoms with Crippen molar-refractivity contribution in [3.63, 3.8) is 0 Å². The summed E-state index contributed by atoms with van der Waals surface area (Å²) in [5.74, 6) is 1.70. The number of hydrogen-bond donors (Lipinski definition) is 1. The van der Waals surface area contributed by atoms with Crippen molar-refractivity contribution < 1.29 is 14.2 Å². The molecule has 0 aromatic heterocycles. The normalized spacial score (nSPS) is 10.1. The monoisotopic (exact) mass is 331 g/mol. The Morgan fingerprint density at radius 2 is 1.43 bits per heavy atom. The number of aryl methyl sites for hydroxylation is 2. The Balaban J connectivity index is 2.40. The number of hydrogen-bond acceptors (Lipinski definition) is 4. The third-order valence-electron chi connectivity index (χ3n) is 3.65. The molecule has 0 saturated heterocycles. The largest absolute Gasteiger partial charge is 0.493 e. The van der Waals surface area contributed by atoms with Crippen molar-refractivity contribution in [1.82, 2.24) is 0 Å². The Bertz CT molecular complexity index is 683. The van der Waals surface area contributed by atoms with Crippen LogP contribution in [0.3, 0.4) is 0 Å². The summed E-state index contributed by atoms with van der Waals surface area (Å²) in [7, 11) is 4.75. The molecule has 2 aromatic carbocycles. The molecule has 0 aliphatic carbocycles. The first kappa shape index (κ1) is 17.1. The number of nitrogens with one attached hydrogen (secondary N) is 1. The van der Waals surface area contributed by atoms with E-state index in [1.807, 2.05) is 44.2 Å². The Labute approximate surface area is 142 Å². The second-order valence-corrected chi connectivity index (χ2v) is 5.54. The maximum atomic E-state index is 5.55. The third-order valence-corrected chi connectivity index (χ3v) is 3.98. The zero-order valence-electron chi connectivity index (χ0n) is 14.0. The molecule has 0 radical (unpaired) electrons. The number of benzene rings is 2. The summed E-state index contributed by atoms with van der Waals surface area (Å²) in [5, 5.41) is 3.31. The second-order valence-electron chi connectivity index (χ2n) is 5.13. The van der Waals surface area contributed by atoms with Crippen molar-refractivity contribution in [1.29, 1.82) is 0 Å². The van der Waals surface area contributed by atoms with Gasteiger partial charge in [0, 0.05) is 11.3 Å². The van der Waals surface area contributed by atoms with E-state index in [1.165, 1.54) is 0 Å². The van der Waals surface area contributed by atoms with Crippen LogP contribution < -0.4 is 19.5 Å². The molecule has 2 aromatic rings. The fraction of sp³-hybridized carbons (Fsp3) is 0.278. The first-order chi connectivity index (χ1) is 11.0. The summed E-state index contributed by atoms with van der Waals surface area (Å²) in [6.07, 6.45) is 0. The SMILES string of the molecule is COc1cc(C(=S)Nc2c(C)cccc2C)cc(OC)c1OC. The standard InChI is InChI=1S/C18H21NO3S/c1-11-7-6-8-12(2)16(11)19-18(23)13-9-14(20-3)17(22-5)15(10-13)21-4/h6-10H,1-5H3,(H,19,23). The quantitative estimate of drug-likeness (QED) is 0.835. The van der Waals surface area contributed by atoms with Gasteiger partial charge in [-0.25, -0.2) is 0 Å². The summed E-state index contributed by atoms with van der Waals surface area (Å²) in [6.45, 7) is 4.10. The van der Waals surface area contributed by atoms with Crippen LogP contribution in [0.2, 0.25) is 0 Å². The van der Waals surface area contributed by atoms with Gasteiger partial charge in [-0.2, -0.15) is 0 Å². The van der Waals surface area contributed by atoms with Gasteiger partial charge in [0.25, 0.3) is 0 Å². The number of methoxy groups -OCH3 is 3. The summed E-state index contributed by atoms with van der Waals surface area (Å²) >= 11 is 5.55. The highest BCUT2D eigenvalue weighted by atomic mass is 32.1. The molecule has 0 heterocycles. The summed E-state index contributed by atoms with van der Waals surface area (Å²) in [6, 6.07) is 9.80. The minimum Gasteiger partial charge on any atom is -0.493 e. The molecule has 2 rings (SSSR count). The van der Waals surface area contributed by atoms with Crippen LogP contribution in [-0.4, -0.2) is 26.3 Å². The van der Waals surface area contributed by atoms with Crippen molar-refractivity contribution in [2.24, 2.45) is 0 Å². The topological polar surface area (TPSA) is 39.7 Å². The van der Waals surface area contributed by atoms with Gasteiger partial charge in [0.1, 0.15) is 4.99 Å². The lowest BCUT2D eigenvalue weighted by molar-refractivity contribution is 0.324. The van der Waals surface area contributed by atoms with E-state index < -0.39 is 0 Å². The van der Waals surface area contributed by atoms with E-state index in [-0.39, 0.29) is 0 Å². The van der Waals surface area contributed by atoms with Gasteiger partial charge in [-0.15, -0.1) is 0 Å². The molecule has 5 heteroatoms.